The van der Waals surface area contributed by atoms with Gasteiger partial charge < -0.3 is 9.72 Å². The maximum absolute atomic E-state index is 12.1. The third-order valence-corrected chi connectivity index (χ3v) is 3.67. The molecule has 3 nitrogen and oxygen atoms in total. The van der Waals surface area contributed by atoms with Crippen molar-refractivity contribution in [3.05, 3.63) is 35.5 Å². The molecule has 94 valence electrons. The van der Waals surface area contributed by atoms with Gasteiger partial charge in [-0.2, -0.15) is 0 Å². The van der Waals surface area contributed by atoms with E-state index in [9.17, 15) is 4.79 Å². The molecule has 0 amide bonds. The van der Waals surface area contributed by atoms with E-state index in [-0.39, 0.29) is 11.9 Å². The zero-order valence-electron chi connectivity index (χ0n) is 10.5. The Balaban J connectivity index is 2.11. The van der Waals surface area contributed by atoms with Crippen molar-refractivity contribution in [3.8, 4) is 0 Å². The number of benzene rings is 1. The monoisotopic (exact) mass is 243 g/mol. The van der Waals surface area contributed by atoms with E-state index in [0.29, 0.717) is 6.61 Å². The van der Waals surface area contributed by atoms with Gasteiger partial charge in [0.05, 0.1) is 12.5 Å². The Morgan fingerprint density at radius 3 is 3.11 bits per heavy atom. The lowest BCUT2D eigenvalue weighted by Gasteiger charge is -2.21. The van der Waals surface area contributed by atoms with E-state index in [0.717, 1.165) is 30.3 Å². The number of esters is 1. The van der Waals surface area contributed by atoms with Gasteiger partial charge in [-0.15, -0.1) is 0 Å². The fourth-order valence-corrected chi connectivity index (χ4v) is 2.92. The number of carbonyl (C=O) groups is 1. The first-order valence-corrected chi connectivity index (χ1v) is 6.57. The number of fused-ring (bicyclic) bond motifs is 3. The van der Waals surface area contributed by atoms with Crippen LogP contribution in [0.4, 0.5) is 0 Å². The minimum absolute atomic E-state index is 0.0804. The van der Waals surface area contributed by atoms with E-state index in [1.165, 1.54) is 11.1 Å². The standard InChI is InChI=1S/C15H17NO2/c1-2-18-15(17)11-7-5-9-13-14(11)10-6-3-4-8-12(10)16-13/h3-4,6,8,11,16H,2,5,7,9H2,1H3. The average molecular weight is 243 g/mol. The number of aromatic nitrogens is 1. The third-order valence-electron chi connectivity index (χ3n) is 3.67. The van der Waals surface area contributed by atoms with Crippen molar-refractivity contribution >= 4 is 16.9 Å². The molecule has 0 saturated carbocycles. The summed E-state index contributed by atoms with van der Waals surface area (Å²) < 4.78 is 5.20. The molecule has 0 spiro atoms. The van der Waals surface area contributed by atoms with Crippen LogP contribution in [-0.4, -0.2) is 17.6 Å². The van der Waals surface area contributed by atoms with Crippen LogP contribution in [0.15, 0.2) is 24.3 Å². The predicted octanol–water partition coefficient (Wildman–Crippen LogP) is 3.15. The fourth-order valence-electron chi connectivity index (χ4n) is 2.92. The second-order valence-electron chi connectivity index (χ2n) is 4.76. The first-order chi connectivity index (χ1) is 8.81. The first kappa shape index (κ1) is 11.3. The van der Waals surface area contributed by atoms with Gasteiger partial charge in [0.2, 0.25) is 0 Å². The highest BCUT2D eigenvalue weighted by atomic mass is 16.5. The van der Waals surface area contributed by atoms with Gasteiger partial charge in [0.25, 0.3) is 0 Å². The molecule has 0 aliphatic heterocycles. The highest BCUT2D eigenvalue weighted by Crippen LogP contribution is 2.37. The van der Waals surface area contributed by atoms with Crippen molar-refractivity contribution in [1.82, 2.24) is 4.98 Å². The molecule has 3 heteroatoms. The Morgan fingerprint density at radius 2 is 2.28 bits per heavy atom. The molecular formula is C15H17NO2. The van der Waals surface area contributed by atoms with Crippen LogP contribution in [0.5, 0.6) is 0 Å². The molecule has 0 fully saturated rings. The predicted molar refractivity (Wildman–Crippen MR) is 70.6 cm³/mol. The van der Waals surface area contributed by atoms with Gasteiger partial charge in [-0.3, -0.25) is 4.79 Å². The molecule has 1 aliphatic rings. The number of rotatable bonds is 2. The van der Waals surface area contributed by atoms with E-state index in [2.05, 4.69) is 17.1 Å². The largest absolute Gasteiger partial charge is 0.466 e. The van der Waals surface area contributed by atoms with Crippen LogP contribution in [-0.2, 0) is 16.0 Å². The summed E-state index contributed by atoms with van der Waals surface area (Å²) in [6.45, 7) is 2.31. The van der Waals surface area contributed by atoms with Crippen LogP contribution < -0.4 is 0 Å². The summed E-state index contributed by atoms with van der Waals surface area (Å²) in [7, 11) is 0. The summed E-state index contributed by atoms with van der Waals surface area (Å²) in [5, 5.41) is 1.17. The molecule has 0 saturated heterocycles. The molecule has 1 unspecified atom stereocenters. The van der Waals surface area contributed by atoms with Crippen LogP contribution in [0.2, 0.25) is 0 Å². The highest BCUT2D eigenvalue weighted by molar-refractivity contribution is 5.91. The van der Waals surface area contributed by atoms with Gasteiger partial charge in [0.15, 0.2) is 0 Å². The zero-order valence-corrected chi connectivity index (χ0v) is 10.5. The number of ether oxygens (including phenoxy) is 1. The van der Waals surface area contributed by atoms with Crippen molar-refractivity contribution in [3.63, 3.8) is 0 Å². The molecule has 1 atom stereocenters. The summed E-state index contributed by atoms with van der Waals surface area (Å²) in [5.41, 5.74) is 3.49. The Morgan fingerprint density at radius 1 is 1.44 bits per heavy atom. The second-order valence-corrected chi connectivity index (χ2v) is 4.76. The molecule has 3 rings (SSSR count). The lowest BCUT2D eigenvalue weighted by atomic mass is 9.85. The zero-order chi connectivity index (χ0) is 12.5. The number of aryl methyl sites for hydroxylation is 1. The fraction of sp³-hybridized carbons (Fsp3) is 0.400. The minimum Gasteiger partial charge on any atom is -0.466 e. The highest BCUT2D eigenvalue weighted by Gasteiger charge is 2.30. The van der Waals surface area contributed by atoms with Crippen LogP contribution in [0.3, 0.4) is 0 Å². The van der Waals surface area contributed by atoms with Crippen molar-refractivity contribution < 1.29 is 9.53 Å². The van der Waals surface area contributed by atoms with Gasteiger partial charge in [-0.05, 0) is 37.8 Å². The molecule has 1 N–H and O–H groups in total. The average Bonchev–Trinajstić information content (AvgIpc) is 2.77. The topological polar surface area (TPSA) is 42.1 Å². The summed E-state index contributed by atoms with van der Waals surface area (Å²) in [6, 6.07) is 8.19. The summed E-state index contributed by atoms with van der Waals surface area (Å²) in [6.07, 6.45) is 2.97. The lowest BCUT2D eigenvalue weighted by Crippen LogP contribution is -2.20. The van der Waals surface area contributed by atoms with E-state index >= 15 is 0 Å². The number of hydrogen-bond donors (Lipinski definition) is 1. The van der Waals surface area contributed by atoms with Gasteiger partial charge in [-0.25, -0.2) is 0 Å². The summed E-state index contributed by atoms with van der Waals surface area (Å²) in [5.74, 6) is -0.173. The van der Waals surface area contributed by atoms with Crippen molar-refractivity contribution in [2.75, 3.05) is 6.61 Å². The maximum atomic E-state index is 12.1. The van der Waals surface area contributed by atoms with Gasteiger partial charge in [0, 0.05) is 16.6 Å². The van der Waals surface area contributed by atoms with E-state index in [4.69, 9.17) is 4.74 Å². The molecule has 1 aromatic heterocycles. The number of H-pyrrole nitrogens is 1. The number of hydrogen-bond acceptors (Lipinski definition) is 2. The Hall–Kier alpha value is -1.77. The van der Waals surface area contributed by atoms with Crippen LogP contribution >= 0.6 is 0 Å². The van der Waals surface area contributed by atoms with E-state index in [1.54, 1.807) is 0 Å². The van der Waals surface area contributed by atoms with Crippen molar-refractivity contribution in [2.45, 2.75) is 32.1 Å². The number of carbonyl (C=O) groups excluding carboxylic acids is 1. The molecule has 1 aromatic carbocycles. The SMILES string of the molecule is CCOC(=O)C1CCCc2[nH]c3ccccc3c21. The number of aromatic amines is 1. The van der Waals surface area contributed by atoms with E-state index in [1.807, 2.05) is 19.1 Å². The van der Waals surface area contributed by atoms with Crippen molar-refractivity contribution in [1.29, 1.82) is 0 Å². The van der Waals surface area contributed by atoms with Crippen molar-refractivity contribution in [2.24, 2.45) is 0 Å². The van der Waals surface area contributed by atoms with Crippen LogP contribution in [0.25, 0.3) is 10.9 Å². The van der Waals surface area contributed by atoms with Crippen LogP contribution in [0, 0.1) is 0 Å². The van der Waals surface area contributed by atoms with Gasteiger partial charge in [0.1, 0.15) is 0 Å². The molecule has 18 heavy (non-hydrogen) atoms. The normalized spacial score (nSPS) is 18.6. The Labute approximate surface area is 106 Å². The Bertz CT molecular complexity index is 585. The summed E-state index contributed by atoms with van der Waals surface area (Å²) >= 11 is 0. The third kappa shape index (κ3) is 1.70. The van der Waals surface area contributed by atoms with E-state index < -0.39 is 0 Å². The molecule has 1 aliphatic carbocycles. The molecule has 2 aromatic rings. The molecule has 1 heterocycles. The van der Waals surface area contributed by atoms with Gasteiger partial charge in [-0.1, -0.05) is 18.2 Å². The maximum Gasteiger partial charge on any atom is 0.313 e. The number of para-hydroxylation sites is 1. The summed E-state index contributed by atoms with van der Waals surface area (Å²) in [4.78, 5) is 15.5. The quantitative estimate of drug-likeness (QED) is 0.823. The first-order valence-electron chi connectivity index (χ1n) is 6.57. The number of nitrogens with one attached hydrogen (secondary N) is 1. The molecule has 0 radical (unpaired) electrons. The molecule has 0 bridgehead atoms. The minimum atomic E-state index is -0.0927. The Kier molecular flexibility index (Phi) is 2.82. The smallest absolute Gasteiger partial charge is 0.313 e. The van der Waals surface area contributed by atoms with Crippen LogP contribution in [0.1, 0.15) is 36.9 Å². The van der Waals surface area contributed by atoms with Gasteiger partial charge >= 0.3 is 5.97 Å². The second kappa shape index (κ2) is 4.48. The molecular weight excluding hydrogens is 226 g/mol. The lowest BCUT2D eigenvalue weighted by molar-refractivity contribution is -0.145.